The Hall–Kier alpha value is -3.54. The van der Waals surface area contributed by atoms with Gasteiger partial charge in [0.1, 0.15) is 5.75 Å². The normalized spacial score (nSPS) is 21.6. The lowest BCUT2D eigenvalue weighted by Gasteiger charge is -2.40. The van der Waals surface area contributed by atoms with Crippen molar-refractivity contribution in [3.63, 3.8) is 0 Å². The predicted octanol–water partition coefficient (Wildman–Crippen LogP) is 4.77. The van der Waals surface area contributed by atoms with E-state index in [4.69, 9.17) is 14.2 Å². The summed E-state index contributed by atoms with van der Waals surface area (Å²) in [5, 5.41) is 24.2. The van der Waals surface area contributed by atoms with E-state index < -0.39 is 0 Å². The van der Waals surface area contributed by atoms with Crippen LogP contribution in [0.25, 0.3) is 0 Å². The van der Waals surface area contributed by atoms with Gasteiger partial charge in [-0.25, -0.2) is 0 Å². The van der Waals surface area contributed by atoms with E-state index in [2.05, 4.69) is 12.2 Å². The van der Waals surface area contributed by atoms with Gasteiger partial charge < -0.3 is 29.7 Å². The molecule has 3 atom stereocenters. The second kappa shape index (κ2) is 7.06. The van der Waals surface area contributed by atoms with Crippen molar-refractivity contribution in [1.82, 2.24) is 0 Å². The van der Waals surface area contributed by atoms with E-state index in [-0.39, 0.29) is 36.2 Å². The fraction of sp³-hybridized carbons (Fsp3) is 0.250. The van der Waals surface area contributed by atoms with E-state index in [0.717, 1.165) is 28.1 Å². The van der Waals surface area contributed by atoms with E-state index in [1.807, 2.05) is 42.5 Å². The molecule has 6 heteroatoms. The largest absolute Gasteiger partial charge is 0.508 e. The van der Waals surface area contributed by atoms with Crippen molar-refractivity contribution >= 4 is 5.69 Å². The zero-order chi connectivity index (χ0) is 20.8. The molecular formula is C24H23NO5. The van der Waals surface area contributed by atoms with Crippen LogP contribution >= 0.6 is 0 Å². The lowest BCUT2D eigenvalue weighted by atomic mass is 9.72. The average molecular weight is 405 g/mol. The average Bonchev–Trinajstić information content (AvgIpc) is 3.20. The summed E-state index contributed by atoms with van der Waals surface area (Å²) in [6.07, 6.45) is 0. The maximum atomic E-state index is 10.5. The second-order valence-corrected chi connectivity index (χ2v) is 7.74. The van der Waals surface area contributed by atoms with Crippen molar-refractivity contribution in [2.45, 2.75) is 18.9 Å². The molecule has 0 bridgehead atoms. The highest BCUT2D eigenvalue weighted by Gasteiger charge is 2.38. The van der Waals surface area contributed by atoms with Crippen LogP contribution in [0.1, 0.15) is 35.6 Å². The third-order valence-electron chi connectivity index (χ3n) is 6.08. The molecule has 0 saturated heterocycles. The van der Waals surface area contributed by atoms with Crippen LogP contribution in [0.3, 0.4) is 0 Å². The molecule has 3 aromatic carbocycles. The minimum absolute atomic E-state index is 0.0187. The molecule has 0 amide bonds. The zero-order valence-corrected chi connectivity index (χ0v) is 16.8. The second-order valence-electron chi connectivity index (χ2n) is 7.74. The maximum absolute atomic E-state index is 10.5. The number of benzene rings is 3. The Labute approximate surface area is 174 Å². The van der Waals surface area contributed by atoms with Gasteiger partial charge in [-0.1, -0.05) is 31.2 Å². The lowest BCUT2D eigenvalue weighted by Crippen LogP contribution is -2.30. The summed E-state index contributed by atoms with van der Waals surface area (Å²) < 4.78 is 16.6. The van der Waals surface area contributed by atoms with Gasteiger partial charge in [0.2, 0.25) is 6.79 Å². The summed E-state index contributed by atoms with van der Waals surface area (Å²) in [7, 11) is 1.54. The number of aromatic hydroxyl groups is 2. The summed E-state index contributed by atoms with van der Waals surface area (Å²) in [5.41, 5.74) is 3.86. The topological polar surface area (TPSA) is 80.2 Å². The van der Waals surface area contributed by atoms with Crippen molar-refractivity contribution in [3.05, 3.63) is 71.3 Å². The number of hydrogen-bond acceptors (Lipinski definition) is 6. The smallest absolute Gasteiger partial charge is 0.231 e. The molecular weight excluding hydrogens is 382 g/mol. The summed E-state index contributed by atoms with van der Waals surface area (Å²) in [6, 6.07) is 16.7. The maximum Gasteiger partial charge on any atom is 0.231 e. The van der Waals surface area contributed by atoms with Crippen molar-refractivity contribution in [1.29, 1.82) is 0 Å². The Bertz CT molecular complexity index is 1110. The highest BCUT2D eigenvalue weighted by molar-refractivity contribution is 5.67. The van der Waals surface area contributed by atoms with Gasteiger partial charge >= 0.3 is 0 Å². The molecule has 2 aliphatic rings. The van der Waals surface area contributed by atoms with Crippen LogP contribution in [0.4, 0.5) is 5.69 Å². The van der Waals surface area contributed by atoms with Crippen molar-refractivity contribution in [3.8, 4) is 28.7 Å². The van der Waals surface area contributed by atoms with Gasteiger partial charge in [0, 0.05) is 23.2 Å². The summed E-state index contributed by atoms with van der Waals surface area (Å²) in [5.74, 6) is 2.28. The van der Waals surface area contributed by atoms with Crippen LogP contribution < -0.4 is 19.5 Å². The van der Waals surface area contributed by atoms with Gasteiger partial charge in [-0.3, -0.25) is 0 Å². The lowest BCUT2D eigenvalue weighted by molar-refractivity contribution is 0.174. The van der Waals surface area contributed by atoms with Gasteiger partial charge in [-0.15, -0.1) is 0 Å². The Kier molecular flexibility index (Phi) is 4.35. The van der Waals surface area contributed by atoms with Crippen LogP contribution in [-0.4, -0.2) is 24.1 Å². The molecule has 0 aromatic heterocycles. The third-order valence-corrected chi connectivity index (χ3v) is 6.08. The van der Waals surface area contributed by atoms with Crippen molar-refractivity contribution < 1.29 is 24.4 Å². The van der Waals surface area contributed by atoms with Gasteiger partial charge in [0.05, 0.1) is 13.2 Å². The van der Waals surface area contributed by atoms with Crippen LogP contribution in [0, 0.1) is 5.92 Å². The minimum Gasteiger partial charge on any atom is -0.508 e. The number of hydrogen-bond donors (Lipinski definition) is 3. The number of ether oxygens (including phenoxy) is 3. The summed E-state index contributed by atoms with van der Waals surface area (Å²) >= 11 is 0. The number of anilines is 1. The number of rotatable bonds is 3. The van der Waals surface area contributed by atoms with Crippen LogP contribution in [0.2, 0.25) is 0 Å². The van der Waals surface area contributed by atoms with E-state index >= 15 is 0 Å². The van der Waals surface area contributed by atoms with Crippen molar-refractivity contribution in [2.75, 3.05) is 19.2 Å². The van der Waals surface area contributed by atoms with Gasteiger partial charge in [-0.05, 0) is 41.3 Å². The Balaban J connectivity index is 1.68. The molecule has 6 nitrogen and oxygen atoms in total. The monoisotopic (exact) mass is 405 g/mol. The first-order chi connectivity index (χ1) is 14.6. The predicted molar refractivity (Wildman–Crippen MR) is 113 cm³/mol. The number of phenols is 2. The first kappa shape index (κ1) is 18.5. The number of fused-ring (bicyclic) bond motifs is 2. The van der Waals surface area contributed by atoms with Crippen LogP contribution in [-0.2, 0) is 0 Å². The quantitative estimate of drug-likeness (QED) is 0.583. The SMILES string of the molecule is COc1cc([C@H]2c3cc4c(cc3N[C@@H](c3ccccc3O)[C@@H]2C)OCO4)ccc1O. The Morgan fingerprint density at radius 3 is 2.47 bits per heavy atom. The molecule has 0 saturated carbocycles. The van der Waals surface area contributed by atoms with Crippen LogP contribution in [0.5, 0.6) is 28.7 Å². The molecule has 0 spiro atoms. The summed E-state index contributed by atoms with van der Waals surface area (Å²) in [4.78, 5) is 0. The fourth-order valence-electron chi connectivity index (χ4n) is 4.60. The molecule has 2 heterocycles. The number of para-hydroxylation sites is 1. The van der Waals surface area contributed by atoms with E-state index in [1.54, 1.807) is 19.2 Å². The molecule has 30 heavy (non-hydrogen) atoms. The molecule has 2 aliphatic heterocycles. The minimum atomic E-state index is -0.121. The van der Waals surface area contributed by atoms with E-state index in [1.165, 1.54) is 0 Å². The molecule has 3 aromatic rings. The first-order valence-corrected chi connectivity index (χ1v) is 9.91. The molecule has 5 rings (SSSR count). The molecule has 0 unspecified atom stereocenters. The molecule has 3 N–H and O–H groups in total. The molecule has 154 valence electrons. The van der Waals surface area contributed by atoms with E-state index in [0.29, 0.717) is 11.5 Å². The highest BCUT2D eigenvalue weighted by atomic mass is 16.7. The van der Waals surface area contributed by atoms with Gasteiger partial charge in [0.25, 0.3) is 0 Å². The van der Waals surface area contributed by atoms with Crippen molar-refractivity contribution in [2.24, 2.45) is 5.92 Å². The zero-order valence-electron chi connectivity index (χ0n) is 16.8. The third kappa shape index (κ3) is 2.87. The molecule has 0 aliphatic carbocycles. The fourth-order valence-corrected chi connectivity index (χ4v) is 4.60. The standard InChI is InChI=1S/C24H23NO5/c1-13-23(14-7-8-19(27)20(9-14)28-2)16-10-21-22(30-12-29-21)11-17(16)25-24(13)15-5-3-4-6-18(15)26/h3-11,13,23-27H,12H2,1-2H3/t13-,23+,24-/m1/s1. The Morgan fingerprint density at radius 2 is 1.70 bits per heavy atom. The number of methoxy groups -OCH3 is 1. The first-order valence-electron chi connectivity index (χ1n) is 9.91. The van der Waals surface area contributed by atoms with E-state index in [9.17, 15) is 10.2 Å². The molecule has 0 fully saturated rings. The highest BCUT2D eigenvalue weighted by Crippen LogP contribution is 2.52. The number of phenolic OH excluding ortho intramolecular Hbond substituents is 2. The van der Waals surface area contributed by atoms with Gasteiger partial charge in [-0.2, -0.15) is 0 Å². The Morgan fingerprint density at radius 1 is 0.933 bits per heavy atom. The summed E-state index contributed by atoms with van der Waals surface area (Å²) in [6.45, 7) is 2.36. The van der Waals surface area contributed by atoms with Gasteiger partial charge in [0.15, 0.2) is 23.0 Å². The molecule has 0 radical (unpaired) electrons. The number of nitrogens with one attached hydrogen (secondary N) is 1. The van der Waals surface area contributed by atoms with Crippen LogP contribution in [0.15, 0.2) is 54.6 Å².